The van der Waals surface area contributed by atoms with Crippen molar-refractivity contribution in [3.8, 4) is 0 Å². The lowest BCUT2D eigenvalue weighted by molar-refractivity contribution is -0.183. The summed E-state index contributed by atoms with van der Waals surface area (Å²) in [7, 11) is 0. The molecular formula is C10H14O8. The van der Waals surface area contributed by atoms with E-state index in [2.05, 4.69) is 18.9 Å². The Morgan fingerprint density at radius 1 is 0.889 bits per heavy atom. The van der Waals surface area contributed by atoms with Gasteiger partial charge in [-0.1, -0.05) is 0 Å². The summed E-state index contributed by atoms with van der Waals surface area (Å²) in [5.41, 5.74) is 0. The van der Waals surface area contributed by atoms with Crippen molar-refractivity contribution in [2.75, 3.05) is 13.2 Å². The van der Waals surface area contributed by atoms with Crippen molar-refractivity contribution < 1.29 is 38.1 Å². The lowest BCUT2D eigenvalue weighted by Crippen LogP contribution is -2.45. The van der Waals surface area contributed by atoms with Gasteiger partial charge in [0.2, 0.25) is 12.2 Å². The first-order valence-electron chi connectivity index (χ1n) is 5.13. The third kappa shape index (κ3) is 4.81. The number of ether oxygens (including phenoxy) is 4. The van der Waals surface area contributed by atoms with Crippen LogP contribution in [0.15, 0.2) is 0 Å². The van der Waals surface area contributed by atoms with E-state index in [1.165, 1.54) is 13.8 Å². The van der Waals surface area contributed by atoms with Crippen LogP contribution in [0.5, 0.6) is 0 Å². The molecule has 0 saturated heterocycles. The van der Waals surface area contributed by atoms with Crippen LogP contribution in [0.2, 0.25) is 0 Å². The fourth-order valence-electron chi connectivity index (χ4n) is 1.07. The zero-order chi connectivity index (χ0) is 14.0. The van der Waals surface area contributed by atoms with Gasteiger partial charge in [-0.3, -0.25) is 9.59 Å². The Morgan fingerprint density at radius 3 is 1.44 bits per heavy atom. The van der Waals surface area contributed by atoms with Gasteiger partial charge in [0.1, 0.15) is 0 Å². The van der Waals surface area contributed by atoms with Gasteiger partial charge in [0.25, 0.3) is 12.9 Å². The van der Waals surface area contributed by atoms with Crippen molar-refractivity contribution in [2.45, 2.75) is 26.1 Å². The van der Waals surface area contributed by atoms with Crippen LogP contribution in [-0.2, 0) is 38.1 Å². The van der Waals surface area contributed by atoms with Gasteiger partial charge in [0.05, 0.1) is 13.2 Å². The van der Waals surface area contributed by atoms with Gasteiger partial charge in [0, 0.05) is 0 Å². The van der Waals surface area contributed by atoms with Crippen molar-refractivity contribution in [1.82, 2.24) is 0 Å². The first-order chi connectivity index (χ1) is 8.62. The maximum Gasteiger partial charge on any atom is 0.352 e. The fourth-order valence-corrected chi connectivity index (χ4v) is 1.07. The van der Waals surface area contributed by atoms with Crippen LogP contribution in [0.25, 0.3) is 0 Å². The smallest absolute Gasteiger partial charge is 0.352 e. The minimum atomic E-state index is -1.69. The molecule has 8 nitrogen and oxygen atoms in total. The molecule has 0 saturated carbocycles. The molecule has 0 aromatic carbocycles. The first kappa shape index (κ1) is 15.9. The van der Waals surface area contributed by atoms with Gasteiger partial charge in [-0.25, -0.2) is 9.59 Å². The standard InChI is InChI=1S/C10H14O8/c1-3-15-9(13)7(17-5-11)8(18-6-12)10(14)16-4-2/h5-8H,3-4H2,1-2H3. The topological polar surface area (TPSA) is 105 Å². The Hall–Kier alpha value is -2.12. The van der Waals surface area contributed by atoms with Gasteiger partial charge in [-0.2, -0.15) is 0 Å². The SMILES string of the molecule is CCOC(=O)C(OC=O)C(OC=O)C(=O)OCC. The van der Waals surface area contributed by atoms with Crippen LogP contribution < -0.4 is 0 Å². The molecule has 0 aliphatic rings. The fraction of sp³-hybridized carbons (Fsp3) is 0.600. The summed E-state index contributed by atoms with van der Waals surface area (Å²) in [6, 6.07) is 0. The molecule has 0 radical (unpaired) electrons. The van der Waals surface area contributed by atoms with Crippen molar-refractivity contribution in [2.24, 2.45) is 0 Å². The van der Waals surface area contributed by atoms with Gasteiger partial charge in [-0.05, 0) is 13.8 Å². The van der Waals surface area contributed by atoms with Gasteiger partial charge < -0.3 is 18.9 Å². The summed E-state index contributed by atoms with van der Waals surface area (Å²) in [5, 5.41) is 0. The Kier molecular flexibility index (Phi) is 7.91. The summed E-state index contributed by atoms with van der Waals surface area (Å²) in [5.74, 6) is -2.02. The maximum atomic E-state index is 11.4. The van der Waals surface area contributed by atoms with Crippen molar-refractivity contribution in [3.05, 3.63) is 0 Å². The molecule has 0 fully saturated rings. The molecule has 2 atom stereocenters. The number of esters is 2. The zero-order valence-corrected chi connectivity index (χ0v) is 9.99. The molecule has 0 N–H and O–H groups in total. The second-order valence-corrected chi connectivity index (χ2v) is 2.81. The molecule has 0 aliphatic heterocycles. The lowest BCUT2D eigenvalue weighted by Gasteiger charge is -2.20. The monoisotopic (exact) mass is 262 g/mol. The van der Waals surface area contributed by atoms with Crippen LogP contribution >= 0.6 is 0 Å². The molecule has 0 heterocycles. The van der Waals surface area contributed by atoms with E-state index in [1.807, 2.05) is 0 Å². The molecular weight excluding hydrogens is 248 g/mol. The maximum absolute atomic E-state index is 11.4. The highest BCUT2D eigenvalue weighted by Gasteiger charge is 2.39. The lowest BCUT2D eigenvalue weighted by atomic mass is 10.2. The normalized spacial score (nSPS) is 12.8. The molecule has 0 bridgehead atoms. The van der Waals surface area contributed by atoms with E-state index in [0.717, 1.165) is 0 Å². The highest BCUT2D eigenvalue weighted by molar-refractivity contribution is 5.87. The second-order valence-electron chi connectivity index (χ2n) is 2.81. The average Bonchev–Trinajstić information content (AvgIpc) is 2.34. The molecule has 0 aromatic rings. The minimum Gasteiger partial charge on any atom is -0.463 e. The summed E-state index contributed by atoms with van der Waals surface area (Å²) < 4.78 is 18.0. The number of hydrogen-bond donors (Lipinski definition) is 0. The molecule has 0 aliphatic carbocycles. The van der Waals surface area contributed by atoms with Crippen molar-refractivity contribution in [1.29, 1.82) is 0 Å². The Balaban J connectivity index is 4.95. The number of hydrogen-bond acceptors (Lipinski definition) is 8. The summed E-state index contributed by atoms with van der Waals surface area (Å²) in [6.07, 6.45) is -3.38. The highest BCUT2D eigenvalue weighted by Crippen LogP contribution is 2.08. The Bertz CT molecular complexity index is 270. The van der Waals surface area contributed by atoms with E-state index < -0.39 is 24.1 Å². The molecule has 0 aromatic heterocycles. The quantitative estimate of drug-likeness (QED) is 0.302. The Morgan fingerprint density at radius 2 is 1.22 bits per heavy atom. The number of rotatable bonds is 9. The number of carbonyl (C=O) groups is 4. The molecule has 18 heavy (non-hydrogen) atoms. The number of carbonyl (C=O) groups excluding carboxylic acids is 4. The van der Waals surface area contributed by atoms with Crippen LogP contribution in [-0.4, -0.2) is 50.3 Å². The largest absolute Gasteiger partial charge is 0.463 e. The van der Waals surface area contributed by atoms with E-state index in [1.54, 1.807) is 0 Å². The predicted molar refractivity (Wildman–Crippen MR) is 55.1 cm³/mol. The molecule has 0 spiro atoms. The highest BCUT2D eigenvalue weighted by atomic mass is 16.6. The molecule has 0 rings (SSSR count). The van der Waals surface area contributed by atoms with Crippen LogP contribution in [0.1, 0.15) is 13.8 Å². The summed E-state index contributed by atoms with van der Waals surface area (Å²) in [6.45, 7) is 2.96. The Labute approximate surface area is 103 Å². The van der Waals surface area contributed by atoms with E-state index in [9.17, 15) is 19.2 Å². The molecule has 0 amide bonds. The van der Waals surface area contributed by atoms with Crippen molar-refractivity contribution in [3.63, 3.8) is 0 Å². The minimum absolute atomic E-state index is 0.00812. The van der Waals surface area contributed by atoms with Crippen molar-refractivity contribution >= 4 is 24.9 Å². The molecule has 2 unspecified atom stereocenters. The zero-order valence-electron chi connectivity index (χ0n) is 9.99. The second kappa shape index (κ2) is 8.97. The third-order valence-electron chi connectivity index (χ3n) is 1.72. The van der Waals surface area contributed by atoms with E-state index >= 15 is 0 Å². The van der Waals surface area contributed by atoms with Crippen LogP contribution in [0, 0.1) is 0 Å². The van der Waals surface area contributed by atoms with E-state index in [4.69, 9.17) is 0 Å². The van der Waals surface area contributed by atoms with Gasteiger partial charge >= 0.3 is 11.9 Å². The molecule has 102 valence electrons. The van der Waals surface area contributed by atoms with Crippen LogP contribution in [0.3, 0.4) is 0 Å². The third-order valence-corrected chi connectivity index (χ3v) is 1.72. The first-order valence-corrected chi connectivity index (χ1v) is 5.13. The predicted octanol–water partition coefficient (Wildman–Crippen LogP) is -0.804. The molecule has 8 heteroatoms. The van der Waals surface area contributed by atoms with Gasteiger partial charge in [-0.15, -0.1) is 0 Å². The van der Waals surface area contributed by atoms with Gasteiger partial charge in [0.15, 0.2) is 0 Å². The van der Waals surface area contributed by atoms with E-state index in [0.29, 0.717) is 0 Å². The summed E-state index contributed by atoms with van der Waals surface area (Å²) in [4.78, 5) is 43.5. The average molecular weight is 262 g/mol. The summed E-state index contributed by atoms with van der Waals surface area (Å²) >= 11 is 0. The van der Waals surface area contributed by atoms with Crippen LogP contribution in [0.4, 0.5) is 0 Å². The van der Waals surface area contributed by atoms with E-state index in [-0.39, 0.29) is 26.2 Å².